The van der Waals surface area contributed by atoms with Crippen LogP contribution < -0.4 is 14.2 Å². The smallest absolute Gasteiger partial charge is 0.419 e. The SMILES string of the molecule is COc1ccc(-c2sc(S(=O)(=O)Nc3ccc(C(F)(F)F)c(O[C@@H]4CCN(C)C4)c3)cc2Cl)cc1F. The van der Waals surface area contributed by atoms with Gasteiger partial charge in [0.25, 0.3) is 10.0 Å². The highest BCUT2D eigenvalue weighted by Gasteiger charge is 2.36. The molecule has 1 aliphatic heterocycles. The molecule has 0 saturated carbocycles. The maximum atomic E-state index is 14.1. The molecule has 2 heterocycles. The van der Waals surface area contributed by atoms with Gasteiger partial charge in [-0.3, -0.25) is 4.72 Å². The number of ether oxygens (including phenoxy) is 2. The second-order valence-corrected chi connectivity index (χ2v) is 11.6. The Morgan fingerprint density at radius 2 is 1.89 bits per heavy atom. The molecule has 0 spiro atoms. The molecule has 1 atom stereocenters. The summed E-state index contributed by atoms with van der Waals surface area (Å²) in [5.74, 6) is -1.08. The van der Waals surface area contributed by atoms with Crippen molar-refractivity contribution in [1.82, 2.24) is 4.90 Å². The summed E-state index contributed by atoms with van der Waals surface area (Å²) in [6, 6.07) is 8.10. The van der Waals surface area contributed by atoms with E-state index in [-0.39, 0.29) is 20.7 Å². The Bertz CT molecular complexity index is 1380. The van der Waals surface area contributed by atoms with E-state index in [9.17, 15) is 26.0 Å². The highest BCUT2D eigenvalue weighted by atomic mass is 35.5. The monoisotopic (exact) mass is 564 g/mol. The first-order valence-electron chi connectivity index (χ1n) is 10.6. The number of nitrogens with zero attached hydrogens (tertiary/aromatic N) is 1. The van der Waals surface area contributed by atoms with Crippen molar-refractivity contribution < 1.29 is 35.5 Å². The Morgan fingerprint density at radius 3 is 2.50 bits per heavy atom. The van der Waals surface area contributed by atoms with E-state index in [4.69, 9.17) is 21.1 Å². The number of nitrogens with one attached hydrogen (secondary N) is 1. The van der Waals surface area contributed by atoms with Crippen molar-refractivity contribution in [3.8, 4) is 21.9 Å². The fourth-order valence-electron chi connectivity index (χ4n) is 3.78. The number of likely N-dealkylation sites (tertiary alicyclic amines) is 1. The maximum Gasteiger partial charge on any atom is 0.419 e. The fourth-order valence-corrected chi connectivity index (χ4v) is 6.65. The number of thiophene rings is 1. The zero-order valence-electron chi connectivity index (χ0n) is 19.0. The summed E-state index contributed by atoms with van der Waals surface area (Å²) >= 11 is 7.03. The van der Waals surface area contributed by atoms with Crippen LogP contribution in [-0.4, -0.2) is 46.7 Å². The summed E-state index contributed by atoms with van der Waals surface area (Å²) < 4.78 is 93.4. The molecule has 6 nitrogen and oxygen atoms in total. The molecule has 2 aromatic carbocycles. The summed E-state index contributed by atoms with van der Waals surface area (Å²) in [6.45, 7) is 1.13. The van der Waals surface area contributed by atoms with Crippen LogP contribution in [0, 0.1) is 5.82 Å². The molecule has 1 aliphatic rings. The van der Waals surface area contributed by atoms with Crippen molar-refractivity contribution in [2.45, 2.75) is 22.9 Å². The first-order valence-corrected chi connectivity index (χ1v) is 13.3. The molecule has 0 aliphatic carbocycles. The van der Waals surface area contributed by atoms with Crippen LogP contribution in [-0.2, 0) is 16.2 Å². The lowest BCUT2D eigenvalue weighted by Crippen LogP contribution is -2.23. The van der Waals surface area contributed by atoms with Gasteiger partial charge in [-0.1, -0.05) is 11.6 Å². The highest BCUT2D eigenvalue weighted by molar-refractivity contribution is 7.94. The van der Waals surface area contributed by atoms with E-state index in [0.29, 0.717) is 30.0 Å². The number of hydrogen-bond donors (Lipinski definition) is 1. The average Bonchev–Trinajstić information content (AvgIpc) is 3.38. The summed E-state index contributed by atoms with van der Waals surface area (Å²) in [5, 5.41) is 0.0757. The van der Waals surface area contributed by atoms with Gasteiger partial charge in [-0.15, -0.1) is 11.3 Å². The molecule has 1 fully saturated rings. The molecule has 4 rings (SSSR count). The van der Waals surface area contributed by atoms with Crippen LogP contribution in [0.25, 0.3) is 10.4 Å². The van der Waals surface area contributed by atoms with Crippen molar-refractivity contribution in [3.05, 3.63) is 58.9 Å². The highest BCUT2D eigenvalue weighted by Crippen LogP contribution is 2.41. The van der Waals surface area contributed by atoms with Gasteiger partial charge in [-0.05, 0) is 55.4 Å². The quantitative estimate of drug-likeness (QED) is 0.350. The normalized spacial score (nSPS) is 16.8. The number of halogens is 5. The van der Waals surface area contributed by atoms with Crippen LogP contribution in [0.4, 0.5) is 23.2 Å². The van der Waals surface area contributed by atoms with Crippen LogP contribution >= 0.6 is 22.9 Å². The Balaban J connectivity index is 1.62. The first-order chi connectivity index (χ1) is 16.9. The molecule has 13 heteroatoms. The summed E-state index contributed by atoms with van der Waals surface area (Å²) in [4.78, 5) is 2.23. The lowest BCUT2D eigenvalue weighted by atomic mass is 10.1. The topological polar surface area (TPSA) is 67.9 Å². The van der Waals surface area contributed by atoms with Crippen LogP contribution in [0.1, 0.15) is 12.0 Å². The van der Waals surface area contributed by atoms with Crippen LogP contribution in [0.5, 0.6) is 11.5 Å². The van der Waals surface area contributed by atoms with Crippen molar-refractivity contribution in [2.24, 2.45) is 0 Å². The molecule has 0 amide bonds. The van der Waals surface area contributed by atoms with E-state index in [2.05, 4.69) is 4.72 Å². The molecule has 194 valence electrons. The van der Waals surface area contributed by atoms with E-state index in [1.807, 2.05) is 11.9 Å². The summed E-state index contributed by atoms with van der Waals surface area (Å²) in [6.07, 6.45) is -4.58. The van der Waals surface area contributed by atoms with E-state index in [1.165, 1.54) is 31.4 Å². The predicted octanol–water partition coefficient (Wildman–Crippen LogP) is 6.12. The van der Waals surface area contributed by atoms with Gasteiger partial charge < -0.3 is 14.4 Å². The second-order valence-electron chi connectivity index (χ2n) is 8.20. The lowest BCUT2D eigenvalue weighted by molar-refractivity contribution is -0.139. The van der Waals surface area contributed by atoms with Crippen molar-refractivity contribution in [2.75, 3.05) is 32.0 Å². The van der Waals surface area contributed by atoms with Gasteiger partial charge in [-0.25, -0.2) is 12.8 Å². The number of benzene rings is 2. The predicted molar refractivity (Wildman–Crippen MR) is 130 cm³/mol. The van der Waals surface area contributed by atoms with Gasteiger partial charge >= 0.3 is 6.18 Å². The minimum atomic E-state index is -4.68. The zero-order chi connectivity index (χ0) is 26.3. The lowest BCUT2D eigenvalue weighted by Gasteiger charge is -2.19. The molecule has 1 saturated heterocycles. The zero-order valence-corrected chi connectivity index (χ0v) is 21.4. The summed E-state index contributed by atoms with van der Waals surface area (Å²) in [5.41, 5.74) is -0.759. The van der Waals surface area contributed by atoms with Crippen LogP contribution in [0.3, 0.4) is 0 Å². The average molecular weight is 565 g/mol. The Morgan fingerprint density at radius 1 is 1.14 bits per heavy atom. The second kappa shape index (κ2) is 10.1. The molecule has 1 aromatic heterocycles. The Labute approximate surface area is 214 Å². The molecule has 1 N–H and O–H groups in total. The summed E-state index contributed by atoms with van der Waals surface area (Å²) in [7, 11) is -1.08. The third-order valence-corrected chi connectivity index (χ3v) is 8.97. The molecule has 0 bridgehead atoms. The van der Waals surface area contributed by atoms with Gasteiger partial charge in [0, 0.05) is 19.2 Å². The Hall–Kier alpha value is -2.54. The van der Waals surface area contributed by atoms with Crippen LogP contribution in [0.2, 0.25) is 5.02 Å². The van der Waals surface area contributed by atoms with Gasteiger partial charge in [0.1, 0.15) is 16.1 Å². The number of anilines is 1. The van der Waals surface area contributed by atoms with Crippen molar-refractivity contribution >= 4 is 38.6 Å². The van der Waals surface area contributed by atoms with E-state index >= 15 is 0 Å². The number of rotatable bonds is 7. The molecule has 0 radical (unpaired) electrons. The molecular formula is C23H21ClF4N2O4S2. The third-order valence-electron chi connectivity index (χ3n) is 5.52. The van der Waals surface area contributed by atoms with Gasteiger partial charge in [0.05, 0.1) is 28.3 Å². The van der Waals surface area contributed by atoms with E-state index < -0.39 is 39.4 Å². The van der Waals surface area contributed by atoms with Gasteiger partial charge in [-0.2, -0.15) is 13.2 Å². The maximum absolute atomic E-state index is 14.1. The molecule has 3 aromatic rings. The molecular weight excluding hydrogens is 544 g/mol. The van der Waals surface area contributed by atoms with Crippen LogP contribution in [0.15, 0.2) is 46.7 Å². The van der Waals surface area contributed by atoms with Gasteiger partial charge in [0.15, 0.2) is 11.6 Å². The molecule has 0 unspecified atom stereocenters. The van der Waals surface area contributed by atoms with E-state index in [0.717, 1.165) is 29.5 Å². The molecule has 36 heavy (non-hydrogen) atoms. The Kier molecular flexibility index (Phi) is 7.42. The minimum absolute atomic E-state index is 0.0190. The van der Waals surface area contributed by atoms with E-state index in [1.54, 1.807) is 0 Å². The number of methoxy groups -OCH3 is 1. The minimum Gasteiger partial charge on any atom is -0.494 e. The third kappa shape index (κ3) is 5.72. The number of likely N-dealkylation sites (N-methyl/N-ethyl adjacent to an activating group) is 1. The largest absolute Gasteiger partial charge is 0.494 e. The van der Waals surface area contributed by atoms with Gasteiger partial charge in [0.2, 0.25) is 0 Å². The first kappa shape index (κ1) is 26.5. The van der Waals surface area contributed by atoms with Crippen molar-refractivity contribution in [1.29, 1.82) is 0 Å². The van der Waals surface area contributed by atoms with Crippen molar-refractivity contribution in [3.63, 3.8) is 0 Å². The number of hydrogen-bond acceptors (Lipinski definition) is 6. The number of alkyl halides is 3. The standard InChI is InChI=1S/C23H21ClF4N2O4S2/c1-30-8-7-15(12-30)34-20-10-14(4-5-16(20)23(26,27)28)29-36(31,32)21-11-17(24)22(35-21)13-3-6-19(33-2)18(25)9-13/h3-6,9-11,15,29H,7-8,12H2,1-2H3/t15-/m1/s1. The number of sulfonamides is 1. The fraction of sp³-hybridized carbons (Fsp3) is 0.304.